The number of hydrogen-bond acceptors (Lipinski definition) is 4. The van der Waals surface area contributed by atoms with Crippen molar-refractivity contribution in [2.45, 2.75) is 44.9 Å². The van der Waals surface area contributed by atoms with Crippen LogP contribution in [0.25, 0.3) is 11.3 Å². The molecule has 1 saturated heterocycles. The SMILES string of the molecule is CCCCCN1C[C@@H]2[C@@H](C1)OCc1c(-c3ccccc3)nnn12. The molecule has 122 valence electrons. The zero-order chi connectivity index (χ0) is 15.6. The van der Waals surface area contributed by atoms with Gasteiger partial charge in [-0.05, 0) is 13.0 Å². The second-order valence-electron chi connectivity index (χ2n) is 6.58. The van der Waals surface area contributed by atoms with Crippen LogP contribution in [-0.4, -0.2) is 45.6 Å². The Morgan fingerprint density at radius 2 is 2.04 bits per heavy atom. The lowest BCUT2D eigenvalue weighted by Crippen LogP contribution is -2.32. The molecule has 2 aliphatic heterocycles. The van der Waals surface area contributed by atoms with Crippen LogP contribution in [0.2, 0.25) is 0 Å². The van der Waals surface area contributed by atoms with E-state index in [4.69, 9.17) is 4.74 Å². The second kappa shape index (κ2) is 6.42. The van der Waals surface area contributed by atoms with Crippen molar-refractivity contribution >= 4 is 0 Å². The van der Waals surface area contributed by atoms with Crippen molar-refractivity contribution in [3.8, 4) is 11.3 Å². The van der Waals surface area contributed by atoms with Crippen LogP contribution in [0.4, 0.5) is 0 Å². The number of nitrogens with zero attached hydrogens (tertiary/aromatic N) is 4. The predicted octanol–water partition coefficient (Wildman–Crippen LogP) is 2.89. The fourth-order valence-electron chi connectivity index (χ4n) is 3.72. The summed E-state index contributed by atoms with van der Waals surface area (Å²) in [6.07, 6.45) is 4.11. The maximum Gasteiger partial charge on any atom is 0.118 e. The Labute approximate surface area is 137 Å². The summed E-state index contributed by atoms with van der Waals surface area (Å²) in [5.41, 5.74) is 3.20. The molecule has 2 aliphatic rings. The van der Waals surface area contributed by atoms with Gasteiger partial charge < -0.3 is 4.74 Å². The van der Waals surface area contributed by atoms with Gasteiger partial charge in [-0.1, -0.05) is 55.3 Å². The van der Waals surface area contributed by atoms with Crippen LogP contribution in [0.3, 0.4) is 0 Å². The van der Waals surface area contributed by atoms with Crippen molar-refractivity contribution in [1.82, 2.24) is 19.9 Å². The molecule has 0 bridgehead atoms. The zero-order valence-electron chi connectivity index (χ0n) is 13.7. The van der Waals surface area contributed by atoms with E-state index >= 15 is 0 Å². The molecule has 0 N–H and O–H groups in total. The first-order valence-electron chi connectivity index (χ1n) is 8.70. The van der Waals surface area contributed by atoms with E-state index in [9.17, 15) is 0 Å². The second-order valence-corrected chi connectivity index (χ2v) is 6.58. The highest BCUT2D eigenvalue weighted by molar-refractivity contribution is 5.61. The van der Waals surface area contributed by atoms with Gasteiger partial charge in [0.05, 0.1) is 24.4 Å². The Morgan fingerprint density at radius 3 is 2.87 bits per heavy atom. The Kier molecular flexibility index (Phi) is 4.14. The first-order valence-corrected chi connectivity index (χ1v) is 8.70. The average molecular weight is 312 g/mol. The number of rotatable bonds is 5. The number of ether oxygens (including phenoxy) is 1. The van der Waals surface area contributed by atoms with E-state index in [0.717, 1.165) is 30.0 Å². The summed E-state index contributed by atoms with van der Waals surface area (Å²) in [4.78, 5) is 2.52. The van der Waals surface area contributed by atoms with E-state index in [1.165, 1.54) is 25.8 Å². The van der Waals surface area contributed by atoms with Crippen molar-refractivity contribution < 1.29 is 4.74 Å². The van der Waals surface area contributed by atoms with E-state index in [1.807, 2.05) is 18.2 Å². The molecule has 4 rings (SSSR count). The van der Waals surface area contributed by atoms with Gasteiger partial charge in [0.1, 0.15) is 5.69 Å². The van der Waals surface area contributed by atoms with Crippen molar-refractivity contribution in [3.63, 3.8) is 0 Å². The normalized spacial score (nSPS) is 23.7. The maximum atomic E-state index is 6.14. The highest BCUT2D eigenvalue weighted by Gasteiger charge is 2.40. The predicted molar refractivity (Wildman–Crippen MR) is 89.0 cm³/mol. The Bertz CT molecular complexity index is 654. The molecule has 23 heavy (non-hydrogen) atoms. The monoisotopic (exact) mass is 312 g/mol. The van der Waals surface area contributed by atoms with Gasteiger partial charge in [-0.25, -0.2) is 4.68 Å². The van der Waals surface area contributed by atoms with Crippen LogP contribution in [-0.2, 0) is 11.3 Å². The Morgan fingerprint density at radius 1 is 1.17 bits per heavy atom. The number of benzene rings is 1. The molecule has 5 heteroatoms. The number of unbranched alkanes of at least 4 members (excludes halogenated alkanes) is 2. The van der Waals surface area contributed by atoms with Crippen LogP contribution in [0.15, 0.2) is 30.3 Å². The molecule has 0 spiro atoms. The minimum atomic E-state index is 0.259. The van der Waals surface area contributed by atoms with Gasteiger partial charge in [0.2, 0.25) is 0 Å². The smallest absolute Gasteiger partial charge is 0.118 e. The van der Waals surface area contributed by atoms with Gasteiger partial charge in [0.15, 0.2) is 0 Å². The van der Waals surface area contributed by atoms with E-state index in [2.05, 4.69) is 39.0 Å². The fourth-order valence-corrected chi connectivity index (χ4v) is 3.72. The average Bonchev–Trinajstić information content (AvgIpc) is 3.19. The molecule has 1 fully saturated rings. The van der Waals surface area contributed by atoms with Crippen molar-refractivity contribution in [3.05, 3.63) is 36.0 Å². The number of aromatic nitrogens is 3. The third kappa shape index (κ3) is 2.79. The van der Waals surface area contributed by atoms with Crippen LogP contribution in [0, 0.1) is 0 Å². The largest absolute Gasteiger partial charge is 0.368 e. The topological polar surface area (TPSA) is 43.2 Å². The maximum absolute atomic E-state index is 6.14. The van der Waals surface area contributed by atoms with Gasteiger partial charge in [0, 0.05) is 18.7 Å². The van der Waals surface area contributed by atoms with Gasteiger partial charge in [-0.15, -0.1) is 5.10 Å². The molecule has 0 saturated carbocycles. The van der Waals surface area contributed by atoms with Crippen LogP contribution in [0.5, 0.6) is 0 Å². The molecule has 0 radical (unpaired) electrons. The number of likely N-dealkylation sites (tertiary alicyclic amines) is 1. The fraction of sp³-hybridized carbons (Fsp3) is 0.556. The lowest BCUT2D eigenvalue weighted by Gasteiger charge is -2.26. The minimum absolute atomic E-state index is 0.259. The molecular weight excluding hydrogens is 288 g/mol. The van der Waals surface area contributed by atoms with Gasteiger partial charge >= 0.3 is 0 Å². The quantitative estimate of drug-likeness (QED) is 0.796. The summed E-state index contributed by atoms with van der Waals surface area (Å²) in [7, 11) is 0. The molecule has 0 unspecified atom stereocenters. The van der Waals surface area contributed by atoms with Gasteiger partial charge in [-0.2, -0.15) is 0 Å². The Balaban J connectivity index is 1.53. The third-order valence-electron chi connectivity index (χ3n) is 4.98. The molecule has 1 aromatic carbocycles. The van der Waals surface area contributed by atoms with Crippen molar-refractivity contribution in [1.29, 1.82) is 0 Å². The van der Waals surface area contributed by atoms with Crippen molar-refractivity contribution in [2.24, 2.45) is 0 Å². The molecule has 5 nitrogen and oxygen atoms in total. The summed E-state index contributed by atoms with van der Waals surface area (Å²) < 4.78 is 8.26. The standard InChI is InChI=1S/C18H24N4O/c1-2-3-7-10-21-11-15-17(12-21)23-13-16-18(19-20-22(15)16)14-8-5-4-6-9-14/h4-6,8-9,15,17H,2-3,7,10-13H2,1H3/t15-,17-/m1/s1. The summed E-state index contributed by atoms with van der Waals surface area (Å²) >= 11 is 0. The highest BCUT2D eigenvalue weighted by atomic mass is 16.5. The minimum Gasteiger partial charge on any atom is -0.368 e. The van der Waals surface area contributed by atoms with E-state index < -0.39 is 0 Å². The van der Waals surface area contributed by atoms with Crippen molar-refractivity contribution in [2.75, 3.05) is 19.6 Å². The first kappa shape index (κ1) is 14.8. The van der Waals surface area contributed by atoms with Gasteiger partial charge in [-0.3, -0.25) is 4.90 Å². The lowest BCUT2D eigenvalue weighted by molar-refractivity contribution is -0.00481. The van der Waals surface area contributed by atoms with E-state index in [-0.39, 0.29) is 6.10 Å². The van der Waals surface area contributed by atoms with Gasteiger partial charge in [0.25, 0.3) is 0 Å². The zero-order valence-corrected chi connectivity index (χ0v) is 13.7. The molecule has 3 heterocycles. The van der Waals surface area contributed by atoms with Crippen LogP contribution in [0.1, 0.15) is 37.9 Å². The van der Waals surface area contributed by atoms with Crippen LogP contribution < -0.4 is 0 Å². The lowest BCUT2D eigenvalue weighted by atomic mass is 10.1. The van der Waals surface area contributed by atoms with Crippen LogP contribution >= 0.6 is 0 Å². The summed E-state index contributed by atoms with van der Waals surface area (Å²) in [6, 6.07) is 10.6. The number of fused-ring (bicyclic) bond motifs is 3. The van der Waals surface area contributed by atoms with E-state index in [0.29, 0.717) is 12.6 Å². The molecule has 2 atom stereocenters. The Hall–Kier alpha value is -1.72. The first-order chi connectivity index (χ1) is 11.4. The van der Waals surface area contributed by atoms with E-state index in [1.54, 1.807) is 0 Å². The molecular formula is C18H24N4O. The summed E-state index contributed by atoms with van der Waals surface area (Å²) in [5, 5.41) is 8.91. The molecule has 2 aromatic rings. The third-order valence-corrected chi connectivity index (χ3v) is 4.98. The number of hydrogen-bond donors (Lipinski definition) is 0. The summed E-state index contributed by atoms with van der Waals surface area (Å²) in [6.45, 7) is 6.08. The molecule has 0 aliphatic carbocycles. The molecule has 0 amide bonds. The highest BCUT2D eigenvalue weighted by Crippen LogP contribution is 2.34. The summed E-state index contributed by atoms with van der Waals surface area (Å²) in [5.74, 6) is 0. The molecule has 1 aromatic heterocycles.